The van der Waals surface area contributed by atoms with Crippen LogP contribution in [0, 0.1) is 3.57 Å². The molecule has 0 unspecified atom stereocenters. The Balaban J connectivity index is 2.13. The summed E-state index contributed by atoms with van der Waals surface area (Å²) in [6, 6.07) is 9.54. The van der Waals surface area contributed by atoms with Crippen LogP contribution >= 0.6 is 22.6 Å². The van der Waals surface area contributed by atoms with E-state index in [1.165, 1.54) is 0 Å². The van der Waals surface area contributed by atoms with Crippen LogP contribution in [-0.4, -0.2) is 23.0 Å². The first-order chi connectivity index (χ1) is 11.7. The van der Waals surface area contributed by atoms with Crippen LogP contribution in [0.1, 0.15) is 21.5 Å². The van der Waals surface area contributed by atoms with Crippen molar-refractivity contribution in [2.75, 3.05) is 0 Å². The van der Waals surface area contributed by atoms with E-state index in [1.807, 2.05) is 12.1 Å². The number of carboxylic acids is 1. The molecule has 0 bridgehead atoms. The molecule has 8 heteroatoms. The molecule has 0 spiro atoms. The van der Waals surface area contributed by atoms with Gasteiger partial charge in [0.15, 0.2) is 0 Å². The van der Waals surface area contributed by atoms with Crippen LogP contribution in [0.5, 0.6) is 0 Å². The van der Waals surface area contributed by atoms with Crippen LogP contribution in [0.25, 0.3) is 0 Å². The SMILES string of the molecule is O=C(N[C@H](Cc1ccccc1I)C(=O)O)c1ccc(C(F)(F)F)cc1. The van der Waals surface area contributed by atoms with Gasteiger partial charge in [-0.3, -0.25) is 4.79 Å². The number of aliphatic carboxylic acids is 1. The second kappa shape index (κ2) is 7.85. The Labute approximate surface area is 155 Å². The highest BCUT2D eigenvalue weighted by Crippen LogP contribution is 2.29. The molecule has 0 aliphatic carbocycles. The van der Waals surface area contributed by atoms with Crippen molar-refractivity contribution in [1.82, 2.24) is 5.32 Å². The Morgan fingerprint density at radius 3 is 2.20 bits per heavy atom. The Bertz CT molecular complexity index is 775. The molecule has 25 heavy (non-hydrogen) atoms. The number of carboxylic acid groups (broad SMARTS) is 1. The highest BCUT2D eigenvalue weighted by molar-refractivity contribution is 14.1. The quantitative estimate of drug-likeness (QED) is 0.665. The molecule has 2 aromatic carbocycles. The standard InChI is InChI=1S/C17H13F3INO3/c18-17(19,20)12-7-5-10(6-8-12)15(23)22-14(16(24)25)9-11-3-1-2-4-13(11)21/h1-8,14H,9H2,(H,22,23)(H,24,25)/t14-/m1/s1. The fourth-order valence-corrected chi connectivity index (χ4v) is 2.74. The van der Waals surface area contributed by atoms with E-state index in [1.54, 1.807) is 12.1 Å². The molecule has 2 rings (SSSR count). The predicted octanol–water partition coefficient (Wildman–Crippen LogP) is 3.74. The van der Waals surface area contributed by atoms with Gasteiger partial charge in [-0.2, -0.15) is 13.2 Å². The first-order valence-corrected chi connectivity index (χ1v) is 8.20. The third kappa shape index (κ3) is 5.18. The zero-order valence-corrected chi connectivity index (χ0v) is 14.8. The van der Waals surface area contributed by atoms with Crippen LogP contribution in [-0.2, 0) is 17.4 Å². The summed E-state index contributed by atoms with van der Waals surface area (Å²) in [6.07, 6.45) is -4.43. The monoisotopic (exact) mass is 463 g/mol. The molecule has 0 aromatic heterocycles. The summed E-state index contributed by atoms with van der Waals surface area (Å²) in [5.41, 5.74) is -0.164. The normalized spacial score (nSPS) is 12.5. The lowest BCUT2D eigenvalue weighted by molar-refractivity contribution is -0.139. The van der Waals surface area contributed by atoms with E-state index in [-0.39, 0.29) is 12.0 Å². The van der Waals surface area contributed by atoms with Crippen molar-refractivity contribution in [2.45, 2.75) is 18.6 Å². The van der Waals surface area contributed by atoms with Crippen molar-refractivity contribution in [3.8, 4) is 0 Å². The van der Waals surface area contributed by atoms with E-state index in [0.717, 1.165) is 33.4 Å². The number of nitrogens with one attached hydrogen (secondary N) is 1. The van der Waals surface area contributed by atoms with E-state index in [9.17, 15) is 27.9 Å². The van der Waals surface area contributed by atoms with Gasteiger partial charge >= 0.3 is 12.1 Å². The summed E-state index contributed by atoms with van der Waals surface area (Å²) >= 11 is 2.06. The fourth-order valence-electron chi connectivity index (χ4n) is 2.14. The number of halogens is 4. The second-order valence-corrected chi connectivity index (χ2v) is 6.40. The largest absolute Gasteiger partial charge is 0.480 e. The van der Waals surface area contributed by atoms with Crippen LogP contribution in [0.4, 0.5) is 13.2 Å². The van der Waals surface area contributed by atoms with Crippen LogP contribution < -0.4 is 5.32 Å². The molecule has 0 fully saturated rings. The summed E-state index contributed by atoms with van der Waals surface area (Å²) in [6.45, 7) is 0. The molecule has 0 aliphatic heterocycles. The lowest BCUT2D eigenvalue weighted by atomic mass is 10.1. The molecule has 2 N–H and O–H groups in total. The number of rotatable bonds is 5. The smallest absolute Gasteiger partial charge is 0.416 e. The van der Waals surface area contributed by atoms with E-state index < -0.39 is 29.7 Å². The number of alkyl halides is 3. The number of benzene rings is 2. The minimum Gasteiger partial charge on any atom is -0.480 e. The molecule has 4 nitrogen and oxygen atoms in total. The Kier molecular flexibility index (Phi) is 6.04. The molecule has 1 atom stereocenters. The van der Waals surface area contributed by atoms with Crippen molar-refractivity contribution in [3.05, 3.63) is 68.8 Å². The zero-order valence-electron chi connectivity index (χ0n) is 12.7. The highest BCUT2D eigenvalue weighted by Gasteiger charge is 2.30. The molecule has 0 heterocycles. The Morgan fingerprint density at radius 2 is 1.68 bits per heavy atom. The molecule has 0 saturated heterocycles. The zero-order chi connectivity index (χ0) is 18.6. The van der Waals surface area contributed by atoms with Crippen molar-refractivity contribution in [2.24, 2.45) is 0 Å². The van der Waals surface area contributed by atoms with Gasteiger partial charge in [0.2, 0.25) is 0 Å². The average molecular weight is 463 g/mol. The minimum atomic E-state index is -4.50. The highest BCUT2D eigenvalue weighted by atomic mass is 127. The van der Waals surface area contributed by atoms with Crippen molar-refractivity contribution < 1.29 is 27.9 Å². The number of hydrogen-bond donors (Lipinski definition) is 2. The molecular formula is C17H13F3INO3. The van der Waals surface area contributed by atoms with Gasteiger partial charge in [0, 0.05) is 15.6 Å². The number of carbonyl (C=O) groups excluding carboxylic acids is 1. The number of amides is 1. The summed E-state index contributed by atoms with van der Waals surface area (Å²) < 4.78 is 38.5. The molecule has 0 radical (unpaired) electrons. The third-order valence-corrected chi connectivity index (χ3v) is 4.51. The average Bonchev–Trinajstić information content (AvgIpc) is 2.55. The molecular weight excluding hydrogens is 450 g/mol. The maximum atomic E-state index is 12.5. The van der Waals surface area contributed by atoms with Crippen LogP contribution in [0.2, 0.25) is 0 Å². The first-order valence-electron chi connectivity index (χ1n) is 7.13. The van der Waals surface area contributed by atoms with E-state index >= 15 is 0 Å². The summed E-state index contributed by atoms with van der Waals surface area (Å²) in [5.74, 6) is -1.97. The van der Waals surface area contributed by atoms with Gasteiger partial charge in [-0.25, -0.2) is 4.79 Å². The number of carbonyl (C=O) groups is 2. The van der Waals surface area contributed by atoms with Gasteiger partial charge < -0.3 is 10.4 Å². The van der Waals surface area contributed by atoms with E-state index in [2.05, 4.69) is 27.9 Å². The summed E-state index contributed by atoms with van der Waals surface area (Å²) in [5, 5.41) is 11.6. The molecule has 1 amide bonds. The van der Waals surface area contributed by atoms with Crippen molar-refractivity contribution in [1.29, 1.82) is 0 Å². The maximum Gasteiger partial charge on any atom is 0.416 e. The minimum absolute atomic E-state index is 0.0398. The van der Waals surface area contributed by atoms with Gasteiger partial charge in [-0.15, -0.1) is 0 Å². The van der Waals surface area contributed by atoms with Crippen molar-refractivity contribution >= 4 is 34.5 Å². The first kappa shape index (κ1) is 19.2. The third-order valence-electron chi connectivity index (χ3n) is 3.46. The van der Waals surface area contributed by atoms with Crippen LogP contribution in [0.3, 0.4) is 0 Å². The van der Waals surface area contributed by atoms with Gasteiger partial charge in [-0.05, 0) is 58.5 Å². The van der Waals surface area contributed by atoms with Gasteiger partial charge in [0.05, 0.1) is 5.56 Å². The van der Waals surface area contributed by atoms with E-state index in [4.69, 9.17) is 0 Å². The molecule has 2 aromatic rings. The Hall–Kier alpha value is -2.10. The van der Waals surface area contributed by atoms with Gasteiger partial charge in [-0.1, -0.05) is 18.2 Å². The van der Waals surface area contributed by atoms with E-state index in [0.29, 0.717) is 0 Å². The van der Waals surface area contributed by atoms with Crippen LogP contribution in [0.15, 0.2) is 48.5 Å². The lowest BCUT2D eigenvalue weighted by Crippen LogP contribution is -2.42. The lowest BCUT2D eigenvalue weighted by Gasteiger charge is -2.16. The predicted molar refractivity (Wildman–Crippen MR) is 93.2 cm³/mol. The summed E-state index contributed by atoms with van der Waals surface area (Å²) in [4.78, 5) is 23.5. The topological polar surface area (TPSA) is 66.4 Å². The van der Waals surface area contributed by atoms with Crippen molar-refractivity contribution in [3.63, 3.8) is 0 Å². The second-order valence-electron chi connectivity index (χ2n) is 5.23. The molecule has 0 aliphatic rings. The Morgan fingerprint density at radius 1 is 1.08 bits per heavy atom. The number of hydrogen-bond acceptors (Lipinski definition) is 2. The fraction of sp³-hybridized carbons (Fsp3) is 0.176. The van der Waals surface area contributed by atoms with Gasteiger partial charge in [0.25, 0.3) is 5.91 Å². The maximum absolute atomic E-state index is 12.5. The van der Waals surface area contributed by atoms with Gasteiger partial charge in [0.1, 0.15) is 6.04 Å². The molecule has 0 saturated carbocycles. The molecule has 132 valence electrons. The summed E-state index contributed by atoms with van der Waals surface area (Å²) in [7, 11) is 0.